The van der Waals surface area contributed by atoms with Crippen molar-refractivity contribution in [2.75, 3.05) is 126 Å². The summed E-state index contributed by atoms with van der Waals surface area (Å²) in [6, 6.07) is 27.8. The smallest absolute Gasteiger partial charge is 0.250 e. The highest BCUT2D eigenvalue weighted by Crippen LogP contribution is 2.31. The van der Waals surface area contributed by atoms with Crippen molar-refractivity contribution in [1.82, 2.24) is 79.0 Å². The number of hydrogen-bond acceptors (Lipinski definition) is 30. The van der Waals surface area contributed by atoms with Crippen molar-refractivity contribution in [2.45, 2.75) is 85.0 Å². The number of hydrogen-bond donors (Lipinski definition) is 8. The zero-order chi connectivity index (χ0) is 93.7. The molecule has 48 heteroatoms. The van der Waals surface area contributed by atoms with E-state index in [0.717, 1.165) is 100 Å². The second-order valence-corrected chi connectivity index (χ2v) is 31.6. The number of morpholine rings is 4. The van der Waals surface area contributed by atoms with Gasteiger partial charge in [0, 0.05) is 126 Å². The summed E-state index contributed by atoms with van der Waals surface area (Å²) in [5, 5.41) is 28.3. The first-order chi connectivity index (χ1) is 61.8. The Bertz CT molecular complexity index is 5890. The van der Waals surface area contributed by atoms with E-state index in [-0.39, 0.29) is 78.5 Å². The number of aryl methyl sites for hydroxylation is 8. The standard InChI is InChI=1S/3C20H21F2N7O2.C15H20N6O4S.C7H5F2NO/c3*1-11-7-12(2)29(27-11)18-9-17(28-5-6-31-16(10-28)19(23)30)25-20(26-18)24-13-3-4-14(21)15(22)8-13;1-9-6-10(2)21(19-9)13-7-12(17-15(18-13)26(3,23)24)20-4-5-25-11(8-20)14(16)22;8-6-2-1-5(10-4-11)3-7(6)9/h3*3-4,7-9,16H,5-6,10H2,1-2H3,(H2,23,30)(H,24,25,26);6-7,11H,4-5,8H2,1-3H3,(H2,16,22);1-4H,(H,10,11)/t2*16-;;;/m10.../s1. The molecular weight excluding hydrogens is 1740 g/mol. The highest BCUT2D eigenvalue weighted by Gasteiger charge is 2.33. The van der Waals surface area contributed by atoms with Crippen molar-refractivity contribution in [3.63, 3.8) is 0 Å². The number of amides is 5. The van der Waals surface area contributed by atoms with Crippen molar-refractivity contribution in [1.29, 1.82) is 0 Å². The average Bonchev–Trinajstić information content (AvgIpc) is 1.48. The van der Waals surface area contributed by atoms with Crippen molar-refractivity contribution in [3.05, 3.63) is 213 Å². The number of anilines is 11. The van der Waals surface area contributed by atoms with E-state index >= 15 is 0 Å². The maximum Gasteiger partial charge on any atom is 0.250 e. The van der Waals surface area contributed by atoms with Crippen LogP contribution in [-0.2, 0) is 52.8 Å². The zero-order valence-corrected chi connectivity index (χ0v) is 71.9. The van der Waals surface area contributed by atoms with Gasteiger partial charge in [-0.3, -0.25) is 24.0 Å². The molecule has 0 bridgehead atoms. The zero-order valence-electron chi connectivity index (χ0n) is 71.1. The summed E-state index contributed by atoms with van der Waals surface area (Å²) in [5.41, 5.74) is 29.2. The molecule has 0 spiro atoms. The molecule has 4 atom stereocenters. The van der Waals surface area contributed by atoms with Crippen LogP contribution in [0.2, 0.25) is 0 Å². The van der Waals surface area contributed by atoms with Crippen LogP contribution in [0.5, 0.6) is 0 Å². The summed E-state index contributed by atoms with van der Waals surface area (Å²) in [6.07, 6.45) is -1.62. The molecule has 130 heavy (non-hydrogen) atoms. The van der Waals surface area contributed by atoms with Gasteiger partial charge in [-0.25, -0.2) is 67.3 Å². The monoisotopic (exact) mass is 1820 g/mol. The number of rotatable bonds is 21. The van der Waals surface area contributed by atoms with Crippen molar-refractivity contribution in [2.24, 2.45) is 22.9 Å². The highest BCUT2D eigenvalue weighted by molar-refractivity contribution is 7.90. The first kappa shape index (κ1) is 94.4. The molecule has 4 aliphatic heterocycles. The lowest BCUT2D eigenvalue weighted by Gasteiger charge is -2.32. The molecule has 4 aliphatic rings. The Hall–Kier alpha value is -14.8. The molecule has 5 amide bonds. The van der Waals surface area contributed by atoms with Crippen molar-refractivity contribution in [3.8, 4) is 23.3 Å². The molecule has 8 aromatic heterocycles. The number of sulfone groups is 1. The number of carbonyl (C=O) groups is 5. The maximum atomic E-state index is 13.6. The summed E-state index contributed by atoms with van der Waals surface area (Å²) in [6.45, 7) is 18.9. The fraction of sp³-hybridized carbons (Fsp3) is 0.305. The molecule has 684 valence electrons. The molecule has 0 radical (unpaired) electrons. The van der Waals surface area contributed by atoms with E-state index in [1.54, 1.807) is 47.9 Å². The molecule has 12 heterocycles. The quantitative estimate of drug-likeness (QED) is 0.0206. The van der Waals surface area contributed by atoms with Gasteiger partial charge in [-0.1, -0.05) is 0 Å². The topological polar surface area (TPSA) is 496 Å². The Balaban J connectivity index is 0.000000151. The van der Waals surface area contributed by atoms with E-state index in [4.69, 9.17) is 41.9 Å². The van der Waals surface area contributed by atoms with Gasteiger partial charge in [0.1, 0.15) is 23.3 Å². The van der Waals surface area contributed by atoms with Crippen LogP contribution < -0.4 is 63.8 Å². The maximum absolute atomic E-state index is 13.6. The lowest BCUT2D eigenvalue weighted by Crippen LogP contribution is -2.48. The van der Waals surface area contributed by atoms with E-state index < -0.39 is 104 Å². The fourth-order valence-electron chi connectivity index (χ4n) is 13.4. The molecule has 4 fully saturated rings. The molecule has 2 unspecified atom stereocenters. The van der Waals surface area contributed by atoms with Crippen LogP contribution >= 0.6 is 0 Å². The molecule has 12 aromatic rings. The lowest BCUT2D eigenvalue weighted by molar-refractivity contribution is -0.130. The fourth-order valence-corrected chi connectivity index (χ4v) is 13.9. The van der Waals surface area contributed by atoms with Crippen LogP contribution in [0, 0.1) is 102 Å². The number of ether oxygens (including phenoxy) is 4. The predicted octanol–water partition coefficient (Wildman–Crippen LogP) is 6.88. The molecule has 39 nitrogen and oxygen atoms in total. The molecule has 16 rings (SSSR count). The molecule has 0 aliphatic carbocycles. The van der Waals surface area contributed by atoms with E-state index in [1.165, 1.54) is 24.3 Å². The lowest BCUT2D eigenvalue weighted by atomic mass is 10.2. The summed E-state index contributed by atoms with van der Waals surface area (Å²) in [5.74, 6) is -5.82. The number of nitrogens with one attached hydrogen (secondary N) is 4. The molecule has 4 saturated heterocycles. The molecule has 4 aromatic carbocycles. The van der Waals surface area contributed by atoms with Gasteiger partial charge in [-0.2, -0.15) is 55.3 Å². The minimum absolute atomic E-state index is 0.160. The molecule has 12 N–H and O–H groups in total. The third-order valence-electron chi connectivity index (χ3n) is 19.5. The summed E-state index contributed by atoms with van der Waals surface area (Å²) in [4.78, 5) is 98.6. The Labute approximate surface area is 736 Å². The second kappa shape index (κ2) is 41.3. The van der Waals surface area contributed by atoms with Gasteiger partial charge in [0.2, 0.25) is 57.7 Å². The SMILES string of the molecule is Cc1cc(C)n(-c2cc(N3CCOC(C(N)=O)C3)nc(Nc3ccc(F)c(F)c3)n2)n1.Cc1cc(C)n(-c2cc(N3CCOC(C(N)=O)C3)nc(S(C)(=O)=O)n2)n1.Cc1cc(C)n(-c2cc(N3CCO[C@@H](C(N)=O)C3)nc(Nc3ccc(F)c(F)c3)n2)n1.Cc1cc(C)n(-c2cc(N3CCO[C@H](C(N)=O)C3)nc(Nc3ccc(F)c(F)c3)n2)n1.O=CNc1ccc(F)c(F)c1. The first-order valence-corrected chi connectivity index (χ1v) is 41.5. The number of nitrogens with two attached hydrogens (primary N) is 4. The van der Waals surface area contributed by atoms with Gasteiger partial charge >= 0.3 is 0 Å². The summed E-state index contributed by atoms with van der Waals surface area (Å²) >= 11 is 0. The third kappa shape index (κ3) is 24.3. The van der Waals surface area contributed by atoms with Gasteiger partial charge in [-0.05, 0) is 128 Å². The van der Waals surface area contributed by atoms with E-state index in [9.17, 15) is 67.5 Å². The Morgan fingerprint density at radius 1 is 0.346 bits per heavy atom. The van der Waals surface area contributed by atoms with Gasteiger partial charge in [0.25, 0.3) is 5.16 Å². The molecule has 0 saturated carbocycles. The number of aromatic nitrogens is 16. The van der Waals surface area contributed by atoms with Crippen LogP contribution in [0.3, 0.4) is 0 Å². The van der Waals surface area contributed by atoms with Gasteiger partial charge in [0.05, 0.1) is 75.4 Å². The minimum Gasteiger partial charge on any atom is -0.367 e. The first-order valence-electron chi connectivity index (χ1n) is 39.6. The minimum atomic E-state index is -3.64. The number of carbonyl (C=O) groups excluding carboxylic acids is 5. The molecular formula is C82H88F8N28O11S. The second-order valence-electron chi connectivity index (χ2n) is 29.7. The summed E-state index contributed by atoms with van der Waals surface area (Å²) in [7, 11) is -3.64. The predicted molar refractivity (Wildman–Crippen MR) is 457 cm³/mol. The van der Waals surface area contributed by atoms with Crippen LogP contribution in [-0.4, -0.2) is 227 Å². The Kier molecular flexibility index (Phi) is 30.0. The number of primary amides is 4. The number of nitrogens with zero attached hydrogens (tertiary/aromatic N) is 20. The van der Waals surface area contributed by atoms with Crippen molar-refractivity contribution < 1.29 is 86.5 Å². The Morgan fingerprint density at radius 2 is 0.577 bits per heavy atom. The number of halogens is 8. The van der Waals surface area contributed by atoms with Gasteiger partial charge in [0.15, 0.2) is 94.2 Å². The highest BCUT2D eigenvalue weighted by atomic mass is 32.2. The van der Waals surface area contributed by atoms with Gasteiger partial charge < -0.3 is 82.7 Å². The van der Waals surface area contributed by atoms with Crippen LogP contribution in [0.15, 0.2) is 126 Å². The van der Waals surface area contributed by atoms with Crippen LogP contribution in [0.25, 0.3) is 23.3 Å². The van der Waals surface area contributed by atoms with Crippen LogP contribution in [0.4, 0.5) is 99.0 Å². The number of benzene rings is 4. The van der Waals surface area contributed by atoms with E-state index in [1.807, 2.05) is 94.4 Å². The van der Waals surface area contributed by atoms with E-state index in [0.29, 0.717) is 99.0 Å². The van der Waals surface area contributed by atoms with Gasteiger partial charge in [-0.15, -0.1) is 0 Å². The average molecular weight is 1830 g/mol. The normalized spacial score (nSPS) is 16.1. The van der Waals surface area contributed by atoms with Crippen molar-refractivity contribution >= 4 is 104 Å². The summed E-state index contributed by atoms with van der Waals surface area (Å²) < 4.78 is 158. The Morgan fingerprint density at radius 3 is 0.808 bits per heavy atom. The van der Waals surface area contributed by atoms with Crippen LogP contribution in [0.1, 0.15) is 45.6 Å². The van der Waals surface area contributed by atoms with E-state index in [2.05, 4.69) is 81.5 Å². The largest absolute Gasteiger partial charge is 0.367 e. The third-order valence-corrected chi connectivity index (χ3v) is 20.4.